The van der Waals surface area contributed by atoms with Gasteiger partial charge >= 0.3 is 5.97 Å². The number of aryl methyl sites for hydroxylation is 2. The smallest absolute Gasteiger partial charge is 0.335 e. The van der Waals surface area contributed by atoms with Crippen LogP contribution >= 0.6 is 0 Å². The fourth-order valence-electron chi connectivity index (χ4n) is 1.76. The molecule has 2 N–H and O–H groups in total. The molecule has 0 unspecified atom stereocenters. The van der Waals surface area contributed by atoms with E-state index in [2.05, 4.69) is 10.3 Å². The van der Waals surface area contributed by atoms with E-state index in [0.717, 1.165) is 11.1 Å². The number of nitrogens with zero attached hydrogens (tertiary/aromatic N) is 1. The van der Waals surface area contributed by atoms with Gasteiger partial charge in [0, 0.05) is 18.1 Å². The number of carboxylic acid groups (broad SMARTS) is 1. The van der Waals surface area contributed by atoms with Crippen LogP contribution in [-0.2, 0) is 0 Å². The zero-order valence-electron chi connectivity index (χ0n) is 11.2. The van der Waals surface area contributed by atoms with Crippen LogP contribution in [0.2, 0.25) is 0 Å². The predicted octanol–water partition coefficient (Wildman–Crippen LogP) is 2.65. The van der Waals surface area contributed by atoms with E-state index in [0.29, 0.717) is 11.3 Å². The van der Waals surface area contributed by atoms with E-state index >= 15 is 0 Å². The fourth-order valence-corrected chi connectivity index (χ4v) is 1.76. The van der Waals surface area contributed by atoms with Crippen LogP contribution in [0.15, 0.2) is 36.7 Å². The second-order valence-corrected chi connectivity index (χ2v) is 4.54. The number of carbonyl (C=O) groups is 2. The van der Waals surface area contributed by atoms with Gasteiger partial charge in [-0.2, -0.15) is 0 Å². The van der Waals surface area contributed by atoms with Crippen LogP contribution in [0.3, 0.4) is 0 Å². The molecule has 0 atom stereocenters. The molecule has 1 aromatic carbocycles. The van der Waals surface area contributed by atoms with Crippen molar-refractivity contribution >= 4 is 17.6 Å². The van der Waals surface area contributed by atoms with Crippen molar-refractivity contribution in [3.05, 3.63) is 58.9 Å². The number of hydrogen-bond donors (Lipinski definition) is 2. The highest BCUT2D eigenvalue weighted by Gasteiger charge is 2.11. The monoisotopic (exact) mass is 270 g/mol. The zero-order valence-corrected chi connectivity index (χ0v) is 11.2. The zero-order chi connectivity index (χ0) is 14.7. The number of amides is 1. The molecule has 1 amide bonds. The van der Waals surface area contributed by atoms with Crippen molar-refractivity contribution in [1.82, 2.24) is 4.98 Å². The highest BCUT2D eigenvalue weighted by molar-refractivity contribution is 6.05. The van der Waals surface area contributed by atoms with Crippen LogP contribution in [0.5, 0.6) is 0 Å². The molecular weight excluding hydrogens is 256 g/mol. The molecular formula is C15H14N2O3. The minimum Gasteiger partial charge on any atom is -0.478 e. The number of hydrogen-bond acceptors (Lipinski definition) is 3. The number of carbonyl (C=O) groups excluding carboxylic acids is 1. The summed E-state index contributed by atoms with van der Waals surface area (Å²) < 4.78 is 0. The summed E-state index contributed by atoms with van der Waals surface area (Å²) in [6, 6.07) is 6.33. The Bertz CT molecular complexity index is 681. The van der Waals surface area contributed by atoms with E-state index in [1.54, 1.807) is 25.3 Å². The maximum absolute atomic E-state index is 12.1. The Balaban J connectivity index is 2.27. The first kappa shape index (κ1) is 13.7. The number of nitrogens with one attached hydrogen (secondary N) is 1. The lowest BCUT2D eigenvalue weighted by atomic mass is 10.1. The quantitative estimate of drug-likeness (QED) is 0.898. The van der Waals surface area contributed by atoms with Crippen LogP contribution in [0, 0.1) is 13.8 Å². The molecule has 0 spiro atoms. The normalized spacial score (nSPS) is 10.1. The third kappa shape index (κ3) is 3.00. The molecule has 0 saturated carbocycles. The highest BCUT2D eigenvalue weighted by atomic mass is 16.4. The largest absolute Gasteiger partial charge is 0.478 e. The van der Waals surface area contributed by atoms with Crippen molar-refractivity contribution in [2.45, 2.75) is 13.8 Å². The lowest BCUT2D eigenvalue weighted by Gasteiger charge is -2.09. The van der Waals surface area contributed by atoms with E-state index in [1.807, 2.05) is 6.92 Å². The second kappa shape index (κ2) is 5.52. The van der Waals surface area contributed by atoms with Crippen molar-refractivity contribution in [1.29, 1.82) is 0 Å². The molecule has 5 heteroatoms. The van der Waals surface area contributed by atoms with Gasteiger partial charge in [-0.15, -0.1) is 0 Å². The number of rotatable bonds is 3. The molecule has 2 aromatic rings. The molecule has 0 fully saturated rings. The Morgan fingerprint density at radius 1 is 1.10 bits per heavy atom. The Morgan fingerprint density at radius 2 is 1.85 bits per heavy atom. The van der Waals surface area contributed by atoms with Gasteiger partial charge < -0.3 is 10.4 Å². The first-order valence-electron chi connectivity index (χ1n) is 6.04. The van der Waals surface area contributed by atoms with Crippen molar-refractivity contribution in [2.24, 2.45) is 0 Å². The van der Waals surface area contributed by atoms with Gasteiger partial charge in [0.2, 0.25) is 0 Å². The molecule has 102 valence electrons. The lowest BCUT2D eigenvalue weighted by molar-refractivity contribution is 0.0696. The van der Waals surface area contributed by atoms with Gasteiger partial charge in [-0.3, -0.25) is 9.78 Å². The molecule has 20 heavy (non-hydrogen) atoms. The van der Waals surface area contributed by atoms with Crippen LogP contribution < -0.4 is 5.32 Å². The molecule has 5 nitrogen and oxygen atoms in total. The standard InChI is InChI=1S/C15H14N2O3/c1-9-5-12(8-16-7-9)14(18)17-13-6-11(15(19)20)4-3-10(13)2/h3-8H,1-2H3,(H,17,18)(H,19,20). The average Bonchev–Trinajstić information content (AvgIpc) is 2.41. The van der Waals surface area contributed by atoms with E-state index < -0.39 is 5.97 Å². The average molecular weight is 270 g/mol. The minimum absolute atomic E-state index is 0.133. The van der Waals surface area contributed by atoms with Gasteiger partial charge in [-0.05, 0) is 43.2 Å². The molecule has 1 heterocycles. The molecule has 1 aromatic heterocycles. The van der Waals surface area contributed by atoms with Gasteiger partial charge in [-0.1, -0.05) is 6.07 Å². The van der Waals surface area contributed by atoms with E-state index in [9.17, 15) is 9.59 Å². The number of benzene rings is 1. The Morgan fingerprint density at radius 3 is 2.50 bits per heavy atom. The molecule has 0 bridgehead atoms. The van der Waals surface area contributed by atoms with Gasteiger partial charge in [0.05, 0.1) is 11.1 Å². The first-order valence-corrected chi connectivity index (χ1v) is 6.04. The summed E-state index contributed by atoms with van der Waals surface area (Å²) in [7, 11) is 0. The van der Waals surface area contributed by atoms with E-state index in [-0.39, 0.29) is 11.5 Å². The minimum atomic E-state index is -1.03. The predicted molar refractivity (Wildman–Crippen MR) is 75.1 cm³/mol. The van der Waals surface area contributed by atoms with Gasteiger partial charge in [0.1, 0.15) is 0 Å². The summed E-state index contributed by atoms with van der Waals surface area (Å²) in [5, 5.41) is 11.7. The van der Waals surface area contributed by atoms with Crippen molar-refractivity contribution < 1.29 is 14.7 Å². The summed E-state index contributed by atoms with van der Waals surface area (Å²) in [6.07, 6.45) is 3.13. The van der Waals surface area contributed by atoms with Gasteiger partial charge in [0.25, 0.3) is 5.91 Å². The van der Waals surface area contributed by atoms with Gasteiger partial charge in [0.15, 0.2) is 0 Å². The summed E-state index contributed by atoms with van der Waals surface area (Å²) in [5.41, 5.74) is 2.73. The van der Waals surface area contributed by atoms with Crippen LogP contribution in [0.1, 0.15) is 31.8 Å². The Labute approximate surface area is 116 Å². The topological polar surface area (TPSA) is 79.3 Å². The molecule has 2 rings (SSSR count). The second-order valence-electron chi connectivity index (χ2n) is 4.54. The number of aromatic carboxylic acids is 1. The number of aromatic nitrogens is 1. The third-order valence-corrected chi connectivity index (χ3v) is 2.87. The summed E-state index contributed by atoms with van der Waals surface area (Å²) in [6.45, 7) is 3.65. The van der Waals surface area contributed by atoms with Crippen molar-refractivity contribution in [3.8, 4) is 0 Å². The fraction of sp³-hybridized carbons (Fsp3) is 0.133. The third-order valence-electron chi connectivity index (χ3n) is 2.87. The molecule has 0 saturated heterocycles. The van der Waals surface area contributed by atoms with Crippen LogP contribution in [0.25, 0.3) is 0 Å². The lowest BCUT2D eigenvalue weighted by Crippen LogP contribution is -2.14. The van der Waals surface area contributed by atoms with Gasteiger partial charge in [-0.25, -0.2) is 4.79 Å². The maximum atomic E-state index is 12.1. The first-order chi connectivity index (χ1) is 9.47. The molecule has 0 radical (unpaired) electrons. The van der Waals surface area contributed by atoms with E-state index in [1.165, 1.54) is 18.3 Å². The van der Waals surface area contributed by atoms with Crippen LogP contribution in [-0.4, -0.2) is 22.0 Å². The number of carboxylic acids is 1. The van der Waals surface area contributed by atoms with Crippen molar-refractivity contribution in [3.63, 3.8) is 0 Å². The Kier molecular flexibility index (Phi) is 3.79. The highest BCUT2D eigenvalue weighted by Crippen LogP contribution is 2.18. The van der Waals surface area contributed by atoms with Crippen LogP contribution in [0.4, 0.5) is 5.69 Å². The summed E-state index contributed by atoms with van der Waals surface area (Å²) in [5.74, 6) is -1.34. The summed E-state index contributed by atoms with van der Waals surface area (Å²) in [4.78, 5) is 27.0. The Hall–Kier alpha value is -2.69. The molecule has 0 aliphatic heterocycles. The molecule has 0 aliphatic rings. The maximum Gasteiger partial charge on any atom is 0.335 e. The van der Waals surface area contributed by atoms with Crippen molar-refractivity contribution in [2.75, 3.05) is 5.32 Å². The number of anilines is 1. The van der Waals surface area contributed by atoms with E-state index in [4.69, 9.17) is 5.11 Å². The molecule has 0 aliphatic carbocycles. The number of pyridine rings is 1. The summed E-state index contributed by atoms with van der Waals surface area (Å²) >= 11 is 0. The SMILES string of the molecule is Cc1cncc(C(=O)Nc2cc(C(=O)O)ccc2C)c1.